The summed E-state index contributed by atoms with van der Waals surface area (Å²) < 4.78 is 33.6. The number of aromatic nitrogens is 2. The van der Waals surface area contributed by atoms with E-state index < -0.39 is 10.2 Å². The van der Waals surface area contributed by atoms with Crippen LogP contribution in [0.15, 0.2) is 0 Å². The molecule has 0 aliphatic carbocycles. The molecule has 2 N–H and O–H groups in total. The van der Waals surface area contributed by atoms with E-state index in [0.717, 1.165) is 18.1 Å². The maximum absolute atomic E-state index is 12.7. The summed E-state index contributed by atoms with van der Waals surface area (Å²) >= 11 is 1.33. The van der Waals surface area contributed by atoms with Gasteiger partial charge in [-0.2, -0.15) is 17.0 Å². The number of nitrogens with two attached hydrogens (primary N) is 1. The third-order valence-corrected chi connectivity index (χ3v) is 6.63. The molecule has 22 heavy (non-hydrogen) atoms. The van der Waals surface area contributed by atoms with Gasteiger partial charge in [-0.1, -0.05) is 11.3 Å². The Morgan fingerprint density at radius 2 is 1.73 bits per heavy atom. The predicted molar refractivity (Wildman–Crippen MR) is 84.0 cm³/mol. The summed E-state index contributed by atoms with van der Waals surface area (Å²) in [5.74, 6) is 0. The van der Waals surface area contributed by atoms with Crippen LogP contribution >= 0.6 is 11.3 Å². The average Bonchev–Trinajstić information content (AvgIpc) is 2.81. The van der Waals surface area contributed by atoms with Crippen LogP contribution in [0.1, 0.15) is 6.42 Å². The monoisotopic (exact) mass is 348 g/mol. The van der Waals surface area contributed by atoms with Crippen LogP contribution in [0.4, 0.5) is 10.3 Å². The van der Waals surface area contributed by atoms with Gasteiger partial charge in [-0.3, -0.25) is 0 Å². The van der Waals surface area contributed by atoms with Crippen molar-refractivity contribution in [2.45, 2.75) is 6.42 Å². The van der Waals surface area contributed by atoms with Gasteiger partial charge in [-0.25, -0.2) is 0 Å². The molecule has 3 rings (SSSR count). The maximum Gasteiger partial charge on any atom is 0.282 e. The Morgan fingerprint density at radius 3 is 2.41 bits per heavy atom. The van der Waals surface area contributed by atoms with Crippen LogP contribution in [-0.2, 0) is 14.9 Å². The van der Waals surface area contributed by atoms with Gasteiger partial charge in [0.2, 0.25) is 10.3 Å². The summed E-state index contributed by atoms with van der Waals surface area (Å²) in [6, 6.07) is 0. The van der Waals surface area contributed by atoms with Crippen molar-refractivity contribution in [1.29, 1.82) is 0 Å². The largest absolute Gasteiger partial charge is 0.379 e. The lowest BCUT2D eigenvalue weighted by Crippen LogP contribution is -2.49. The second-order valence-electron chi connectivity index (χ2n) is 5.18. The normalized spacial score (nSPS) is 22.6. The van der Waals surface area contributed by atoms with Crippen LogP contribution in [0.2, 0.25) is 0 Å². The number of hydrogen-bond donors (Lipinski definition) is 1. The van der Waals surface area contributed by atoms with Gasteiger partial charge < -0.3 is 15.4 Å². The topological polar surface area (TPSA) is 105 Å². The highest BCUT2D eigenvalue weighted by Gasteiger charge is 2.32. The van der Waals surface area contributed by atoms with Gasteiger partial charge in [0.15, 0.2) is 0 Å². The molecule has 1 aromatic heterocycles. The van der Waals surface area contributed by atoms with Crippen molar-refractivity contribution >= 4 is 31.8 Å². The molecule has 0 spiro atoms. The fourth-order valence-electron chi connectivity index (χ4n) is 2.61. The molecule has 0 unspecified atom stereocenters. The maximum atomic E-state index is 12.7. The molecule has 1 aromatic rings. The van der Waals surface area contributed by atoms with E-state index in [1.54, 1.807) is 4.31 Å². The first-order valence-corrected chi connectivity index (χ1v) is 9.45. The Kier molecular flexibility index (Phi) is 4.78. The molecule has 3 heterocycles. The van der Waals surface area contributed by atoms with Crippen LogP contribution in [-0.4, -0.2) is 79.7 Å². The first kappa shape index (κ1) is 15.9. The fourth-order valence-corrected chi connectivity index (χ4v) is 4.88. The number of rotatable bonds is 3. The average molecular weight is 348 g/mol. The van der Waals surface area contributed by atoms with Gasteiger partial charge in [0.05, 0.1) is 13.2 Å². The Labute approximate surface area is 133 Å². The molecule has 0 atom stereocenters. The van der Waals surface area contributed by atoms with E-state index in [1.807, 2.05) is 4.90 Å². The number of hydrogen-bond acceptors (Lipinski definition) is 8. The molecule has 11 heteroatoms. The van der Waals surface area contributed by atoms with Crippen LogP contribution in [0, 0.1) is 0 Å². The zero-order chi connectivity index (χ0) is 15.6. The number of nitrogens with zero attached hydrogens (tertiary/aromatic N) is 5. The van der Waals surface area contributed by atoms with E-state index in [9.17, 15) is 8.42 Å². The van der Waals surface area contributed by atoms with E-state index in [4.69, 9.17) is 10.5 Å². The van der Waals surface area contributed by atoms with Crippen molar-refractivity contribution in [3.05, 3.63) is 0 Å². The molecule has 2 fully saturated rings. The van der Waals surface area contributed by atoms with E-state index in [1.165, 1.54) is 15.6 Å². The first-order chi connectivity index (χ1) is 10.6. The standard InChI is InChI=1S/C11H20N6O3S2/c12-10-13-14-11(21-10)15-2-1-3-16(5-4-15)22(18,19)17-6-8-20-9-7-17/h1-9H2,(H2,12,13). The minimum Gasteiger partial charge on any atom is -0.379 e. The van der Waals surface area contributed by atoms with Crippen molar-refractivity contribution in [3.8, 4) is 0 Å². The summed E-state index contributed by atoms with van der Waals surface area (Å²) in [6.45, 7) is 4.09. The van der Waals surface area contributed by atoms with Gasteiger partial charge in [-0.05, 0) is 6.42 Å². The second kappa shape index (κ2) is 6.62. The Balaban J connectivity index is 1.66. The van der Waals surface area contributed by atoms with E-state index in [2.05, 4.69) is 10.2 Å². The summed E-state index contributed by atoms with van der Waals surface area (Å²) in [5, 5.41) is 9.03. The molecule has 9 nitrogen and oxygen atoms in total. The Bertz CT molecular complexity index is 601. The van der Waals surface area contributed by atoms with E-state index in [0.29, 0.717) is 51.1 Å². The lowest BCUT2D eigenvalue weighted by molar-refractivity contribution is 0.0703. The Hall–Kier alpha value is -1.01. The van der Waals surface area contributed by atoms with Gasteiger partial charge in [0, 0.05) is 39.3 Å². The van der Waals surface area contributed by atoms with Crippen LogP contribution < -0.4 is 10.6 Å². The van der Waals surface area contributed by atoms with Gasteiger partial charge in [0.25, 0.3) is 10.2 Å². The molecule has 0 saturated carbocycles. The quantitative estimate of drug-likeness (QED) is 0.763. The van der Waals surface area contributed by atoms with Gasteiger partial charge in [0.1, 0.15) is 0 Å². The van der Waals surface area contributed by atoms with Gasteiger partial charge >= 0.3 is 0 Å². The molecule has 2 aliphatic heterocycles. The first-order valence-electron chi connectivity index (χ1n) is 7.24. The van der Waals surface area contributed by atoms with Crippen LogP contribution in [0.3, 0.4) is 0 Å². The van der Waals surface area contributed by atoms with Crippen molar-refractivity contribution in [1.82, 2.24) is 18.8 Å². The third-order valence-electron chi connectivity index (χ3n) is 3.78. The predicted octanol–water partition coefficient (Wildman–Crippen LogP) is -0.791. The van der Waals surface area contributed by atoms with Crippen molar-refractivity contribution in [2.24, 2.45) is 0 Å². The number of anilines is 2. The van der Waals surface area contributed by atoms with Crippen molar-refractivity contribution in [3.63, 3.8) is 0 Å². The highest BCUT2D eigenvalue weighted by atomic mass is 32.2. The molecule has 124 valence electrons. The zero-order valence-corrected chi connectivity index (χ0v) is 13.9. The van der Waals surface area contributed by atoms with Crippen LogP contribution in [0.25, 0.3) is 0 Å². The minimum absolute atomic E-state index is 0.426. The molecule has 0 amide bonds. The second-order valence-corrected chi connectivity index (χ2v) is 8.10. The molecular weight excluding hydrogens is 328 g/mol. The molecule has 0 bridgehead atoms. The smallest absolute Gasteiger partial charge is 0.282 e. The van der Waals surface area contributed by atoms with Crippen molar-refractivity contribution in [2.75, 3.05) is 63.1 Å². The fraction of sp³-hybridized carbons (Fsp3) is 0.818. The van der Waals surface area contributed by atoms with Gasteiger partial charge in [-0.15, -0.1) is 10.2 Å². The molecular formula is C11H20N6O3S2. The molecule has 2 saturated heterocycles. The van der Waals surface area contributed by atoms with E-state index in [-0.39, 0.29) is 0 Å². The summed E-state index contributed by atoms with van der Waals surface area (Å²) in [6.07, 6.45) is 0.753. The third kappa shape index (κ3) is 3.33. The minimum atomic E-state index is -3.41. The molecule has 2 aliphatic rings. The highest BCUT2D eigenvalue weighted by molar-refractivity contribution is 7.86. The van der Waals surface area contributed by atoms with E-state index >= 15 is 0 Å². The highest BCUT2D eigenvalue weighted by Crippen LogP contribution is 2.23. The summed E-state index contributed by atoms with van der Waals surface area (Å²) in [5.41, 5.74) is 5.61. The lowest BCUT2D eigenvalue weighted by Gasteiger charge is -2.31. The molecule has 0 radical (unpaired) electrons. The lowest BCUT2D eigenvalue weighted by atomic mass is 10.4. The Morgan fingerprint density at radius 1 is 1.00 bits per heavy atom. The SMILES string of the molecule is Nc1nnc(N2CCCN(S(=O)(=O)N3CCOCC3)CC2)s1. The van der Waals surface area contributed by atoms with Crippen LogP contribution in [0.5, 0.6) is 0 Å². The number of nitrogen functional groups attached to an aromatic ring is 1. The van der Waals surface area contributed by atoms with Crippen molar-refractivity contribution < 1.29 is 13.2 Å². The molecule has 0 aromatic carbocycles. The number of morpholine rings is 1. The number of ether oxygens (including phenoxy) is 1. The zero-order valence-electron chi connectivity index (χ0n) is 12.2. The summed E-state index contributed by atoms with van der Waals surface area (Å²) in [7, 11) is -3.41. The summed E-state index contributed by atoms with van der Waals surface area (Å²) in [4.78, 5) is 2.04.